The first kappa shape index (κ1) is 23.0. The summed E-state index contributed by atoms with van der Waals surface area (Å²) in [5.74, 6) is 1.02. The lowest BCUT2D eigenvalue weighted by Gasteiger charge is -2.15. The molecule has 1 aliphatic rings. The van der Waals surface area contributed by atoms with Crippen LogP contribution in [0.15, 0.2) is 42.7 Å². The molecule has 182 valence electrons. The van der Waals surface area contributed by atoms with E-state index in [1.807, 2.05) is 35.8 Å². The number of pyridine rings is 1. The highest BCUT2D eigenvalue weighted by atomic mass is 19.1. The SMILES string of the molecule is CCOc1nc(N)c2nc(-c3cncc(F)c3)n(Cc3cccc(OCCN4CCCC4)c3)c2n1. The third-order valence-corrected chi connectivity index (χ3v) is 5.95. The topological polar surface area (TPSA) is 104 Å². The van der Waals surface area contributed by atoms with Crippen molar-refractivity contribution < 1.29 is 13.9 Å². The molecule has 3 aromatic heterocycles. The second-order valence-electron chi connectivity index (χ2n) is 8.45. The van der Waals surface area contributed by atoms with Gasteiger partial charge in [-0.15, -0.1) is 0 Å². The van der Waals surface area contributed by atoms with Gasteiger partial charge < -0.3 is 19.8 Å². The Morgan fingerprint density at radius 1 is 1.06 bits per heavy atom. The Bertz CT molecular complexity index is 1320. The maximum absolute atomic E-state index is 14.0. The molecule has 0 spiro atoms. The van der Waals surface area contributed by atoms with Gasteiger partial charge in [0, 0.05) is 18.3 Å². The second-order valence-corrected chi connectivity index (χ2v) is 8.45. The summed E-state index contributed by atoms with van der Waals surface area (Å²) in [6, 6.07) is 9.46. The Morgan fingerprint density at radius 3 is 2.71 bits per heavy atom. The molecule has 35 heavy (non-hydrogen) atoms. The molecule has 2 N–H and O–H groups in total. The number of rotatable bonds is 9. The van der Waals surface area contributed by atoms with Crippen molar-refractivity contribution in [3.05, 3.63) is 54.1 Å². The second kappa shape index (κ2) is 10.2. The molecule has 0 bridgehead atoms. The summed E-state index contributed by atoms with van der Waals surface area (Å²) in [7, 11) is 0. The molecule has 0 amide bonds. The zero-order valence-corrected chi connectivity index (χ0v) is 19.7. The van der Waals surface area contributed by atoms with Gasteiger partial charge in [0.25, 0.3) is 0 Å². The average Bonchev–Trinajstić information content (AvgIpc) is 3.49. The number of nitrogen functional groups attached to an aromatic ring is 1. The van der Waals surface area contributed by atoms with E-state index in [-0.39, 0.29) is 11.8 Å². The van der Waals surface area contributed by atoms with Crippen molar-refractivity contribution in [2.24, 2.45) is 0 Å². The Morgan fingerprint density at radius 2 is 1.91 bits per heavy atom. The van der Waals surface area contributed by atoms with Gasteiger partial charge in [-0.2, -0.15) is 9.97 Å². The monoisotopic (exact) mass is 477 g/mol. The minimum atomic E-state index is -0.455. The summed E-state index contributed by atoms with van der Waals surface area (Å²) in [6.07, 6.45) is 5.24. The van der Waals surface area contributed by atoms with E-state index in [1.165, 1.54) is 18.9 Å². The van der Waals surface area contributed by atoms with Crippen LogP contribution in [0, 0.1) is 5.82 Å². The molecule has 0 aliphatic carbocycles. The van der Waals surface area contributed by atoms with Gasteiger partial charge in [-0.3, -0.25) is 9.88 Å². The maximum atomic E-state index is 14.0. The molecule has 0 atom stereocenters. The van der Waals surface area contributed by atoms with Gasteiger partial charge in [0.05, 0.1) is 19.3 Å². The summed E-state index contributed by atoms with van der Waals surface area (Å²) >= 11 is 0. The molecule has 1 fully saturated rings. The highest BCUT2D eigenvalue weighted by Crippen LogP contribution is 2.29. The summed E-state index contributed by atoms with van der Waals surface area (Å²) in [4.78, 5) is 19.8. The molecule has 0 saturated carbocycles. The lowest BCUT2D eigenvalue weighted by molar-refractivity contribution is 0.237. The molecule has 10 heteroatoms. The smallest absolute Gasteiger partial charge is 0.320 e. The first-order valence-electron chi connectivity index (χ1n) is 11.8. The number of nitrogens with zero attached hydrogens (tertiary/aromatic N) is 6. The third-order valence-electron chi connectivity index (χ3n) is 5.95. The maximum Gasteiger partial charge on any atom is 0.320 e. The van der Waals surface area contributed by atoms with Crippen LogP contribution in [0.25, 0.3) is 22.6 Å². The molecular formula is C25H28FN7O2. The lowest BCUT2D eigenvalue weighted by Crippen LogP contribution is -2.25. The number of benzene rings is 1. The number of halogens is 1. The Labute approximate surface area is 202 Å². The summed E-state index contributed by atoms with van der Waals surface area (Å²) in [6.45, 7) is 6.50. The molecule has 1 aliphatic heterocycles. The Hall–Kier alpha value is -3.79. The van der Waals surface area contributed by atoms with Crippen molar-refractivity contribution in [3.63, 3.8) is 0 Å². The molecule has 4 heterocycles. The summed E-state index contributed by atoms with van der Waals surface area (Å²) in [5.41, 5.74) is 8.59. The number of imidazole rings is 1. The van der Waals surface area contributed by atoms with Gasteiger partial charge in [0.2, 0.25) is 0 Å². The fourth-order valence-corrected chi connectivity index (χ4v) is 4.31. The van der Waals surface area contributed by atoms with Crippen LogP contribution in [0.2, 0.25) is 0 Å². The summed E-state index contributed by atoms with van der Waals surface area (Å²) < 4.78 is 27.4. The van der Waals surface area contributed by atoms with E-state index in [2.05, 4.69) is 24.8 Å². The number of fused-ring (bicyclic) bond motifs is 1. The minimum absolute atomic E-state index is 0.168. The van der Waals surface area contributed by atoms with Crippen LogP contribution in [0.4, 0.5) is 10.2 Å². The number of nitrogens with two attached hydrogens (primary N) is 1. The minimum Gasteiger partial charge on any atom is -0.492 e. The van der Waals surface area contributed by atoms with Crippen LogP contribution in [0.5, 0.6) is 11.8 Å². The molecule has 4 aromatic rings. The van der Waals surface area contributed by atoms with E-state index in [9.17, 15) is 4.39 Å². The lowest BCUT2D eigenvalue weighted by atomic mass is 10.2. The highest BCUT2D eigenvalue weighted by Gasteiger charge is 2.20. The third kappa shape index (κ3) is 5.17. The van der Waals surface area contributed by atoms with E-state index in [0.29, 0.717) is 42.3 Å². The molecule has 0 radical (unpaired) electrons. The number of likely N-dealkylation sites (tertiary alicyclic amines) is 1. The first-order valence-corrected chi connectivity index (χ1v) is 11.8. The van der Waals surface area contributed by atoms with Crippen molar-refractivity contribution >= 4 is 17.0 Å². The number of hydrogen-bond donors (Lipinski definition) is 1. The molecular weight excluding hydrogens is 449 g/mol. The molecule has 0 unspecified atom stereocenters. The Balaban J connectivity index is 1.48. The fourth-order valence-electron chi connectivity index (χ4n) is 4.31. The quantitative estimate of drug-likeness (QED) is 0.390. The van der Waals surface area contributed by atoms with Crippen LogP contribution in [-0.4, -0.2) is 62.3 Å². The number of hydrogen-bond acceptors (Lipinski definition) is 8. The largest absolute Gasteiger partial charge is 0.492 e. The Kier molecular flexibility index (Phi) is 6.71. The van der Waals surface area contributed by atoms with Crippen LogP contribution in [-0.2, 0) is 6.54 Å². The zero-order valence-electron chi connectivity index (χ0n) is 19.7. The fraction of sp³-hybridized carbons (Fsp3) is 0.360. The van der Waals surface area contributed by atoms with Crippen LogP contribution in [0.3, 0.4) is 0 Å². The van der Waals surface area contributed by atoms with Gasteiger partial charge in [-0.1, -0.05) is 12.1 Å². The molecule has 1 aromatic carbocycles. The van der Waals surface area contributed by atoms with Crippen molar-refractivity contribution in [1.82, 2.24) is 29.4 Å². The van der Waals surface area contributed by atoms with Gasteiger partial charge in [-0.05, 0) is 56.6 Å². The van der Waals surface area contributed by atoms with Crippen molar-refractivity contribution in [2.45, 2.75) is 26.3 Å². The van der Waals surface area contributed by atoms with E-state index < -0.39 is 5.82 Å². The van der Waals surface area contributed by atoms with Crippen LogP contribution < -0.4 is 15.2 Å². The first-order chi connectivity index (χ1) is 17.1. The van der Waals surface area contributed by atoms with E-state index in [0.717, 1.165) is 37.1 Å². The van der Waals surface area contributed by atoms with Gasteiger partial charge >= 0.3 is 6.01 Å². The number of ether oxygens (including phenoxy) is 2. The van der Waals surface area contributed by atoms with E-state index in [1.54, 1.807) is 6.20 Å². The predicted octanol–water partition coefficient (Wildman–Crippen LogP) is 3.53. The van der Waals surface area contributed by atoms with Crippen molar-refractivity contribution in [3.8, 4) is 23.1 Å². The number of aromatic nitrogens is 5. The highest BCUT2D eigenvalue weighted by molar-refractivity contribution is 5.85. The van der Waals surface area contributed by atoms with Gasteiger partial charge in [0.1, 0.15) is 24.0 Å². The van der Waals surface area contributed by atoms with Gasteiger partial charge in [-0.25, -0.2) is 9.37 Å². The van der Waals surface area contributed by atoms with Crippen LogP contribution >= 0.6 is 0 Å². The van der Waals surface area contributed by atoms with Crippen LogP contribution in [0.1, 0.15) is 25.3 Å². The normalized spacial score (nSPS) is 14.0. The van der Waals surface area contributed by atoms with Gasteiger partial charge in [0.15, 0.2) is 17.0 Å². The standard InChI is InChI=1S/C25H28FN7O2/c1-2-34-25-30-22(27)21-24(31-25)33(23(29-21)18-13-19(26)15-28-14-18)16-17-6-5-7-20(12-17)35-11-10-32-8-3-4-9-32/h5-7,12-15H,2-4,8-11,16H2,1H3,(H2,27,30,31). The molecule has 1 saturated heterocycles. The van der Waals surface area contributed by atoms with E-state index in [4.69, 9.17) is 15.2 Å². The van der Waals surface area contributed by atoms with E-state index >= 15 is 0 Å². The average molecular weight is 478 g/mol. The summed E-state index contributed by atoms with van der Waals surface area (Å²) in [5, 5.41) is 0. The zero-order chi connectivity index (χ0) is 24.2. The molecule has 9 nitrogen and oxygen atoms in total. The predicted molar refractivity (Wildman–Crippen MR) is 131 cm³/mol. The van der Waals surface area contributed by atoms with Crippen molar-refractivity contribution in [2.75, 3.05) is 38.6 Å². The molecule has 5 rings (SSSR count). The number of anilines is 1. The van der Waals surface area contributed by atoms with Crippen molar-refractivity contribution in [1.29, 1.82) is 0 Å².